The largest absolute Gasteiger partial charge is 0.339 e. The van der Waals surface area contributed by atoms with Gasteiger partial charge in [-0.3, -0.25) is 0 Å². The Labute approximate surface area is 119 Å². The second kappa shape index (κ2) is 5.38. The molecule has 0 bridgehead atoms. The van der Waals surface area contributed by atoms with E-state index in [1.165, 1.54) is 0 Å². The zero-order chi connectivity index (χ0) is 13.3. The van der Waals surface area contributed by atoms with Crippen LogP contribution in [0.3, 0.4) is 0 Å². The van der Waals surface area contributed by atoms with Crippen LogP contribution in [0.25, 0.3) is 0 Å². The molecule has 0 saturated heterocycles. The first-order valence-electron chi connectivity index (χ1n) is 5.53. The van der Waals surface area contributed by atoms with Gasteiger partial charge in [0.2, 0.25) is 5.89 Å². The van der Waals surface area contributed by atoms with Gasteiger partial charge in [-0.05, 0) is 17.7 Å². The van der Waals surface area contributed by atoms with Crippen molar-refractivity contribution in [1.82, 2.24) is 10.1 Å². The Hall–Kier alpha value is -0.910. The van der Waals surface area contributed by atoms with E-state index in [-0.39, 0.29) is 5.92 Å². The molecule has 6 heteroatoms. The molecular formula is C12H13BrClN3O. The molecule has 1 heterocycles. The fourth-order valence-electron chi connectivity index (χ4n) is 1.50. The lowest BCUT2D eigenvalue weighted by atomic mass is 10.1. The van der Waals surface area contributed by atoms with Gasteiger partial charge in [0.1, 0.15) is 0 Å². The number of nitrogens with two attached hydrogens (primary N) is 1. The minimum atomic E-state index is -0.437. The van der Waals surface area contributed by atoms with Crippen LogP contribution >= 0.6 is 27.5 Å². The van der Waals surface area contributed by atoms with Gasteiger partial charge < -0.3 is 10.3 Å². The molecule has 0 radical (unpaired) electrons. The Morgan fingerprint density at radius 2 is 2.11 bits per heavy atom. The molecular weight excluding hydrogens is 318 g/mol. The van der Waals surface area contributed by atoms with Gasteiger partial charge in [-0.15, -0.1) is 0 Å². The number of hydrogen-bond acceptors (Lipinski definition) is 4. The van der Waals surface area contributed by atoms with Crippen molar-refractivity contribution >= 4 is 27.5 Å². The Kier molecular flexibility index (Phi) is 4.04. The van der Waals surface area contributed by atoms with Crippen LogP contribution in [-0.2, 0) is 0 Å². The molecule has 4 nitrogen and oxygen atoms in total. The summed E-state index contributed by atoms with van der Waals surface area (Å²) in [7, 11) is 0. The molecule has 1 aromatic heterocycles. The van der Waals surface area contributed by atoms with E-state index in [0.29, 0.717) is 16.7 Å². The van der Waals surface area contributed by atoms with Gasteiger partial charge in [-0.1, -0.05) is 52.6 Å². The summed E-state index contributed by atoms with van der Waals surface area (Å²) in [5.74, 6) is 1.25. The van der Waals surface area contributed by atoms with Crippen molar-refractivity contribution in [3.05, 3.63) is 45.0 Å². The molecule has 2 N–H and O–H groups in total. The van der Waals surface area contributed by atoms with Crippen LogP contribution in [0.5, 0.6) is 0 Å². The number of halogens is 2. The number of benzene rings is 1. The summed E-state index contributed by atoms with van der Waals surface area (Å²) in [6.45, 7) is 3.97. The molecule has 2 aromatic rings. The molecule has 0 amide bonds. The maximum absolute atomic E-state index is 6.12. The number of rotatable bonds is 3. The molecule has 2 rings (SSSR count). The molecule has 1 unspecified atom stereocenters. The van der Waals surface area contributed by atoms with Crippen LogP contribution in [0, 0.1) is 0 Å². The number of nitrogens with zero attached hydrogens (tertiary/aromatic N) is 2. The summed E-state index contributed by atoms with van der Waals surface area (Å²) in [5, 5.41) is 4.56. The van der Waals surface area contributed by atoms with Gasteiger partial charge in [-0.2, -0.15) is 4.98 Å². The highest BCUT2D eigenvalue weighted by atomic mass is 79.9. The summed E-state index contributed by atoms with van der Waals surface area (Å²) < 4.78 is 5.98. The van der Waals surface area contributed by atoms with Gasteiger partial charge in [0.15, 0.2) is 5.82 Å². The SMILES string of the molecule is CC(C)c1nc(C(N)c2ccc(Cl)cc2Br)no1. The third-order valence-electron chi connectivity index (χ3n) is 2.53. The Balaban J connectivity index is 2.32. The minimum Gasteiger partial charge on any atom is -0.339 e. The van der Waals surface area contributed by atoms with Gasteiger partial charge in [0.25, 0.3) is 0 Å². The van der Waals surface area contributed by atoms with E-state index in [4.69, 9.17) is 21.9 Å². The van der Waals surface area contributed by atoms with E-state index in [0.717, 1.165) is 10.0 Å². The lowest BCUT2D eigenvalue weighted by Crippen LogP contribution is -2.14. The molecule has 0 aliphatic carbocycles. The normalized spacial score (nSPS) is 13.0. The maximum atomic E-state index is 6.12. The third kappa shape index (κ3) is 2.74. The Bertz CT molecular complexity index is 556. The minimum absolute atomic E-state index is 0.187. The Morgan fingerprint density at radius 3 is 2.67 bits per heavy atom. The molecule has 1 aromatic carbocycles. The van der Waals surface area contributed by atoms with E-state index in [1.54, 1.807) is 12.1 Å². The second-order valence-electron chi connectivity index (χ2n) is 4.29. The predicted molar refractivity (Wildman–Crippen MR) is 73.6 cm³/mol. The highest BCUT2D eigenvalue weighted by Crippen LogP contribution is 2.28. The fraction of sp³-hybridized carbons (Fsp3) is 0.333. The van der Waals surface area contributed by atoms with Crippen LogP contribution in [0.1, 0.15) is 43.1 Å². The van der Waals surface area contributed by atoms with Crippen LogP contribution in [0.2, 0.25) is 5.02 Å². The third-order valence-corrected chi connectivity index (χ3v) is 3.45. The Morgan fingerprint density at radius 1 is 1.39 bits per heavy atom. The van der Waals surface area contributed by atoms with Crippen molar-refractivity contribution in [3.63, 3.8) is 0 Å². The van der Waals surface area contributed by atoms with Crippen molar-refractivity contribution < 1.29 is 4.52 Å². The molecule has 0 saturated carbocycles. The average molecular weight is 331 g/mol. The van der Waals surface area contributed by atoms with Crippen molar-refractivity contribution in [1.29, 1.82) is 0 Å². The summed E-state index contributed by atoms with van der Waals surface area (Å²) in [5.41, 5.74) is 6.99. The highest BCUT2D eigenvalue weighted by molar-refractivity contribution is 9.10. The first kappa shape index (κ1) is 13.5. The van der Waals surface area contributed by atoms with Crippen LogP contribution in [0.4, 0.5) is 0 Å². The molecule has 1 atom stereocenters. The van der Waals surface area contributed by atoms with Crippen LogP contribution in [-0.4, -0.2) is 10.1 Å². The monoisotopic (exact) mass is 329 g/mol. The van der Waals surface area contributed by atoms with Gasteiger partial charge >= 0.3 is 0 Å². The van der Waals surface area contributed by atoms with Gasteiger partial charge in [-0.25, -0.2) is 0 Å². The lowest BCUT2D eigenvalue weighted by Gasteiger charge is -2.09. The molecule has 18 heavy (non-hydrogen) atoms. The van der Waals surface area contributed by atoms with E-state index in [1.807, 2.05) is 19.9 Å². The van der Waals surface area contributed by atoms with Crippen LogP contribution < -0.4 is 5.73 Å². The fourth-order valence-corrected chi connectivity index (χ4v) is 2.43. The maximum Gasteiger partial charge on any atom is 0.229 e. The standard InChI is InChI=1S/C12H13BrClN3O/c1-6(2)12-16-11(17-18-12)10(15)8-4-3-7(14)5-9(8)13/h3-6,10H,15H2,1-2H3. The zero-order valence-electron chi connectivity index (χ0n) is 10.0. The quantitative estimate of drug-likeness (QED) is 0.933. The summed E-state index contributed by atoms with van der Waals surface area (Å²) in [6, 6.07) is 4.99. The van der Waals surface area contributed by atoms with Crippen LogP contribution in [0.15, 0.2) is 27.2 Å². The number of aromatic nitrogens is 2. The second-order valence-corrected chi connectivity index (χ2v) is 5.58. The van der Waals surface area contributed by atoms with Gasteiger partial charge in [0, 0.05) is 15.4 Å². The lowest BCUT2D eigenvalue weighted by molar-refractivity contribution is 0.359. The van der Waals surface area contributed by atoms with Crippen molar-refractivity contribution in [2.45, 2.75) is 25.8 Å². The van der Waals surface area contributed by atoms with E-state index in [2.05, 4.69) is 26.1 Å². The molecule has 0 aliphatic heterocycles. The predicted octanol–water partition coefficient (Wildman–Crippen LogP) is 3.66. The number of hydrogen-bond donors (Lipinski definition) is 1. The zero-order valence-corrected chi connectivity index (χ0v) is 12.4. The molecule has 0 spiro atoms. The van der Waals surface area contributed by atoms with E-state index in [9.17, 15) is 0 Å². The topological polar surface area (TPSA) is 64.9 Å². The summed E-state index contributed by atoms with van der Waals surface area (Å²) in [6.07, 6.45) is 0. The average Bonchev–Trinajstić information content (AvgIpc) is 2.77. The summed E-state index contributed by atoms with van der Waals surface area (Å²) in [4.78, 5) is 4.29. The first-order valence-corrected chi connectivity index (χ1v) is 6.70. The molecule has 96 valence electrons. The highest BCUT2D eigenvalue weighted by Gasteiger charge is 2.19. The first-order chi connectivity index (χ1) is 8.49. The van der Waals surface area contributed by atoms with Gasteiger partial charge in [0.05, 0.1) is 6.04 Å². The smallest absolute Gasteiger partial charge is 0.229 e. The summed E-state index contributed by atoms with van der Waals surface area (Å²) >= 11 is 9.32. The van der Waals surface area contributed by atoms with E-state index >= 15 is 0 Å². The molecule has 0 aliphatic rings. The van der Waals surface area contributed by atoms with Crippen molar-refractivity contribution in [2.24, 2.45) is 5.73 Å². The molecule has 0 fully saturated rings. The van der Waals surface area contributed by atoms with Crippen molar-refractivity contribution in [2.75, 3.05) is 0 Å². The van der Waals surface area contributed by atoms with E-state index < -0.39 is 6.04 Å². The van der Waals surface area contributed by atoms with Crippen molar-refractivity contribution in [3.8, 4) is 0 Å².